The van der Waals surface area contributed by atoms with Crippen molar-refractivity contribution < 1.29 is 4.79 Å². The molecule has 3 aromatic rings. The van der Waals surface area contributed by atoms with Crippen LogP contribution < -0.4 is 4.90 Å². The highest BCUT2D eigenvalue weighted by Crippen LogP contribution is 2.39. The van der Waals surface area contributed by atoms with Crippen LogP contribution in [0, 0.1) is 0 Å². The monoisotopic (exact) mass is 352 g/mol. The van der Waals surface area contributed by atoms with Gasteiger partial charge in [0.05, 0.1) is 17.4 Å². The highest BCUT2D eigenvalue weighted by atomic mass is 32.1. The molecule has 130 valence electrons. The maximum atomic E-state index is 12.7. The lowest BCUT2D eigenvalue weighted by molar-refractivity contribution is -0.117. The summed E-state index contributed by atoms with van der Waals surface area (Å²) in [6, 6.07) is 14.2. The van der Waals surface area contributed by atoms with Gasteiger partial charge in [0.2, 0.25) is 5.91 Å². The number of benzene rings is 1. The van der Waals surface area contributed by atoms with E-state index in [1.165, 1.54) is 4.88 Å². The first-order chi connectivity index (χ1) is 12.0. The zero-order valence-electron chi connectivity index (χ0n) is 15.2. The number of hydrogen-bond donors (Lipinski definition) is 0. The predicted octanol–water partition coefficient (Wildman–Crippen LogP) is 6.06. The lowest BCUT2D eigenvalue weighted by atomic mass is 9.89. The summed E-state index contributed by atoms with van der Waals surface area (Å²) < 4.78 is 0. The highest BCUT2D eigenvalue weighted by molar-refractivity contribution is 7.16. The third kappa shape index (κ3) is 3.45. The number of anilines is 2. The summed E-state index contributed by atoms with van der Waals surface area (Å²) in [6.45, 7) is 8.58. The number of para-hydroxylation sites is 1. The van der Waals surface area contributed by atoms with Crippen LogP contribution in [0.15, 0.2) is 48.7 Å². The van der Waals surface area contributed by atoms with Gasteiger partial charge in [0.1, 0.15) is 5.00 Å². The first kappa shape index (κ1) is 17.6. The Morgan fingerprint density at radius 2 is 1.92 bits per heavy atom. The molecule has 3 rings (SSSR count). The number of hydrogen-bond acceptors (Lipinski definition) is 3. The van der Waals surface area contributed by atoms with Gasteiger partial charge in [-0.15, -0.1) is 11.3 Å². The summed E-state index contributed by atoms with van der Waals surface area (Å²) in [4.78, 5) is 20.3. The maximum Gasteiger partial charge on any atom is 0.231 e. The Balaban J connectivity index is 2.07. The fraction of sp³-hybridized carbons (Fsp3) is 0.333. The van der Waals surface area contributed by atoms with Gasteiger partial charge in [0.15, 0.2) is 0 Å². The van der Waals surface area contributed by atoms with Gasteiger partial charge in [0, 0.05) is 16.7 Å². The smallest absolute Gasteiger partial charge is 0.231 e. The minimum absolute atomic E-state index is 0.0831. The molecule has 25 heavy (non-hydrogen) atoms. The number of carbonyl (C=O) groups is 1. The van der Waals surface area contributed by atoms with Crippen molar-refractivity contribution in [2.75, 3.05) is 4.90 Å². The highest BCUT2D eigenvalue weighted by Gasteiger charge is 2.24. The zero-order chi connectivity index (χ0) is 18.0. The standard InChI is InChI=1S/C21H24N2OS/c1-5-19(24)23(20-12-11-18(25-20)21(3,4)6-2)16-13-15-9-7-8-10-17(15)22-14-16/h7-14H,5-6H2,1-4H3. The van der Waals surface area contributed by atoms with Crippen molar-refractivity contribution in [3.8, 4) is 0 Å². The first-order valence-electron chi connectivity index (χ1n) is 8.74. The molecule has 0 bridgehead atoms. The summed E-state index contributed by atoms with van der Waals surface area (Å²) >= 11 is 1.69. The average molecular weight is 353 g/mol. The first-order valence-corrected chi connectivity index (χ1v) is 9.56. The summed E-state index contributed by atoms with van der Waals surface area (Å²) in [5, 5.41) is 2.00. The molecule has 0 saturated carbocycles. The normalized spacial score (nSPS) is 11.7. The molecule has 0 radical (unpaired) electrons. The van der Waals surface area contributed by atoms with Crippen LogP contribution in [0.25, 0.3) is 10.9 Å². The molecule has 0 saturated heterocycles. The molecule has 2 aromatic heterocycles. The number of fused-ring (bicyclic) bond motifs is 1. The molecular formula is C21H24N2OS. The fourth-order valence-corrected chi connectivity index (χ4v) is 3.94. The van der Waals surface area contributed by atoms with Crippen LogP contribution in [0.1, 0.15) is 45.4 Å². The molecule has 0 aliphatic carbocycles. The SMILES string of the molecule is CCC(=O)N(c1cnc2ccccc2c1)c1ccc(C(C)(C)CC)s1. The van der Waals surface area contributed by atoms with Gasteiger partial charge in [0.25, 0.3) is 0 Å². The van der Waals surface area contributed by atoms with E-state index in [4.69, 9.17) is 0 Å². The topological polar surface area (TPSA) is 33.2 Å². The molecule has 2 heterocycles. The Labute approximate surface area is 153 Å². The Morgan fingerprint density at radius 1 is 1.16 bits per heavy atom. The Morgan fingerprint density at radius 3 is 2.64 bits per heavy atom. The van der Waals surface area contributed by atoms with Gasteiger partial charge >= 0.3 is 0 Å². The summed E-state index contributed by atoms with van der Waals surface area (Å²) in [7, 11) is 0. The lowest BCUT2D eigenvalue weighted by Crippen LogP contribution is -2.24. The second-order valence-corrected chi connectivity index (χ2v) is 7.91. The van der Waals surface area contributed by atoms with Crippen LogP contribution >= 0.6 is 11.3 Å². The molecule has 3 nitrogen and oxygen atoms in total. The maximum absolute atomic E-state index is 12.7. The van der Waals surface area contributed by atoms with Gasteiger partial charge < -0.3 is 0 Å². The second kappa shape index (κ2) is 6.96. The Bertz CT molecular complexity index is 898. The van der Waals surface area contributed by atoms with Crippen LogP contribution in [-0.2, 0) is 10.2 Å². The van der Waals surface area contributed by atoms with Crippen LogP contribution in [0.2, 0.25) is 0 Å². The van der Waals surface area contributed by atoms with E-state index in [0.717, 1.165) is 28.0 Å². The van der Waals surface area contributed by atoms with E-state index in [1.807, 2.05) is 37.3 Å². The van der Waals surface area contributed by atoms with E-state index in [9.17, 15) is 4.79 Å². The fourth-order valence-electron chi connectivity index (χ4n) is 2.72. The quantitative estimate of drug-likeness (QED) is 0.559. The van der Waals surface area contributed by atoms with Crippen molar-refractivity contribution in [1.82, 2.24) is 4.98 Å². The van der Waals surface area contributed by atoms with Crippen molar-refractivity contribution in [3.63, 3.8) is 0 Å². The third-order valence-electron chi connectivity index (χ3n) is 4.75. The molecule has 1 amide bonds. The molecule has 0 unspecified atom stereocenters. The van der Waals surface area contributed by atoms with E-state index in [2.05, 4.69) is 37.9 Å². The van der Waals surface area contributed by atoms with Gasteiger partial charge in [-0.1, -0.05) is 45.9 Å². The van der Waals surface area contributed by atoms with Gasteiger partial charge in [-0.25, -0.2) is 0 Å². The molecule has 0 N–H and O–H groups in total. The average Bonchev–Trinajstić information content (AvgIpc) is 3.12. The van der Waals surface area contributed by atoms with E-state index in [0.29, 0.717) is 6.42 Å². The summed E-state index contributed by atoms with van der Waals surface area (Å²) in [5.41, 5.74) is 1.88. The molecule has 0 aliphatic rings. The predicted molar refractivity (Wildman–Crippen MR) is 107 cm³/mol. The number of amides is 1. The second-order valence-electron chi connectivity index (χ2n) is 6.84. The number of pyridine rings is 1. The largest absolute Gasteiger partial charge is 0.274 e. The summed E-state index contributed by atoms with van der Waals surface area (Å²) in [5.74, 6) is 0.0831. The number of thiophene rings is 1. The van der Waals surface area contributed by atoms with Gasteiger partial charge in [-0.3, -0.25) is 14.7 Å². The van der Waals surface area contributed by atoms with Crippen LogP contribution in [-0.4, -0.2) is 10.9 Å². The van der Waals surface area contributed by atoms with Crippen molar-refractivity contribution >= 4 is 38.8 Å². The van der Waals surface area contributed by atoms with E-state index in [1.54, 1.807) is 22.4 Å². The molecule has 0 atom stereocenters. The molecule has 0 fully saturated rings. The molecular weight excluding hydrogens is 328 g/mol. The van der Waals surface area contributed by atoms with Crippen LogP contribution in [0.3, 0.4) is 0 Å². The number of carbonyl (C=O) groups excluding carboxylic acids is 1. The zero-order valence-corrected chi connectivity index (χ0v) is 16.1. The van der Waals surface area contributed by atoms with Crippen molar-refractivity contribution in [3.05, 3.63) is 53.5 Å². The Hall–Kier alpha value is -2.20. The van der Waals surface area contributed by atoms with Gasteiger partial charge in [-0.2, -0.15) is 0 Å². The van der Waals surface area contributed by atoms with Crippen LogP contribution in [0.4, 0.5) is 10.7 Å². The van der Waals surface area contributed by atoms with E-state index >= 15 is 0 Å². The third-order valence-corrected chi connectivity index (χ3v) is 6.19. The number of aromatic nitrogens is 1. The van der Waals surface area contributed by atoms with E-state index < -0.39 is 0 Å². The van der Waals surface area contributed by atoms with Crippen LogP contribution in [0.5, 0.6) is 0 Å². The lowest BCUT2D eigenvalue weighted by Gasteiger charge is -2.22. The van der Waals surface area contributed by atoms with E-state index in [-0.39, 0.29) is 11.3 Å². The Kier molecular flexibility index (Phi) is 4.91. The number of rotatable bonds is 5. The molecule has 0 spiro atoms. The van der Waals surface area contributed by atoms with Gasteiger partial charge in [-0.05, 0) is 36.1 Å². The van der Waals surface area contributed by atoms with Crippen molar-refractivity contribution in [2.45, 2.75) is 46.0 Å². The number of nitrogens with zero attached hydrogens (tertiary/aromatic N) is 2. The van der Waals surface area contributed by atoms with Crippen molar-refractivity contribution in [2.24, 2.45) is 0 Å². The summed E-state index contributed by atoms with van der Waals surface area (Å²) in [6.07, 6.45) is 3.31. The molecule has 4 heteroatoms. The molecule has 0 aliphatic heterocycles. The van der Waals surface area contributed by atoms with Crippen molar-refractivity contribution in [1.29, 1.82) is 0 Å². The minimum atomic E-state index is 0.0831. The molecule has 1 aromatic carbocycles. The minimum Gasteiger partial charge on any atom is -0.274 e.